The number of nitrogens with zero attached hydrogens (tertiary/aromatic N) is 2. The molecular formula is C50H72N4O6S2. The number of benzene rings is 2. The standard InChI is InChI=1S/C50H72N4O6S2/c1-36(55)60-49-24-18-38-29-40(45(58)43(30-38)59-41-16-7-8-17-41)34-54-35-47(33-44(54)57,31-37-13-4-2-5-14-37)26-27-52-46(51)53-50(23-12-22-48(50)20-9-10-21-48)62-61-28-11-3-6-15-39(19-25-49)42(56)32-49/h2,4-5,13-14,29-30,39,41-42,56,58H,3,6-12,15-28,31-35H2,1H3,(H3,51,52,53). The maximum absolute atomic E-state index is 14.2. The number of fused-ring (bicyclic) bond motifs is 12. The highest BCUT2D eigenvalue weighted by Gasteiger charge is 2.57. The molecule has 4 aliphatic carbocycles. The molecule has 5 atom stereocenters. The summed E-state index contributed by atoms with van der Waals surface area (Å²) in [6.45, 7) is 2.79. The average molecular weight is 889 g/mol. The highest BCUT2D eigenvalue weighted by atomic mass is 33.1. The zero-order valence-corrected chi connectivity index (χ0v) is 38.8. The Kier molecular flexibility index (Phi) is 14.6. The summed E-state index contributed by atoms with van der Waals surface area (Å²) in [5.41, 5.74) is 8.80. The number of ether oxygens (including phenoxy) is 2. The Bertz CT molecular complexity index is 1880. The van der Waals surface area contributed by atoms with Crippen LogP contribution in [-0.2, 0) is 33.7 Å². The van der Waals surface area contributed by atoms with Crippen LogP contribution in [-0.4, -0.2) is 74.5 Å². The van der Waals surface area contributed by atoms with E-state index in [2.05, 4.69) is 29.6 Å². The second kappa shape index (κ2) is 20.0. The number of aliphatic imine (C=N–C) groups is 1. The number of hydrogen-bond donors (Lipinski definition) is 4. The predicted molar refractivity (Wildman–Crippen MR) is 250 cm³/mol. The fourth-order valence-corrected chi connectivity index (χ4v) is 16.0. The molecule has 62 heavy (non-hydrogen) atoms. The van der Waals surface area contributed by atoms with Crippen LogP contribution < -0.4 is 15.8 Å². The Labute approximate surface area is 378 Å². The minimum Gasteiger partial charge on any atom is -0.504 e. The van der Waals surface area contributed by atoms with Crippen molar-refractivity contribution in [3.05, 3.63) is 59.2 Å². The molecule has 1 saturated heterocycles. The van der Waals surface area contributed by atoms with Crippen molar-refractivity contribution in [3.63, 3.8) is 0 Å². The number of esters is 1. The summed E-state index contributed by atoms with van der Waals surface area (Å²) in [5.74, 6) is 2.07. The number of nitrogens with one attached hydrogen (secondary N) is 1. The Morgan fingerprint density at radius 2 is 1.71 bits per heavy atom. The number of aliphatic hydroxyl groups is 1. The minimum absolute atomic E-state index is 0.0369. The monoisotopic (exact) mass is 888 g/mol. The quantitative estimate of drug-likeness (QED) is 0.169. The van der Waals surface area contributed by atoms with Crippen LogP contribution in [0, 0.1) is 16.7 Å². The van der Waals surface area contributed by atoms with Gasteiger partial charge in [-0.15, -0.1) is 0 Å². The normalized spacial score (nSPS) is 31.6. The maximum atomic E-state index is 14.2. The number of rotatable bonds is 5. The van der Waals surface area contributed by atoms with Crippen LogP contribution in [0.15, 0.2) is 47.5 Å². The summed E-state index contributed by atoms with van der Waals surface area (Å²) in [7, 11) is 3.99. The third-order valence-electron chi connectivity index (χ3n) is 15.7. The van der Waals surface area contributed by atoms with Gasteiger partial charge in [0.25, 0.3) is 0 Å². The van der Waals surface area contributed by atoms with Crippen LogP contribution in [0.25, 0.3) is 0 Å². The molecule has 340 valence electrons. The summed E-state index contributed by atoms with van der Waals surface area (Å²) in [6, 6.07) is 14.4. The number of hydrogen-bond acceptors (Lipinski definition) is 11. The van der Waals surface area contributed by atoms with Gasteiger partial charge in [-0.1, -0.05) is 83.7 Å². The smallest absolute Gasteiger partial charge is 0.303 e. The van der Waals surface area contributed by atoms with E-state index >= 15 is 0 Å². The molecule has 2 aromatic carbocycles. The maximum Gasteiger partial charge on any atom is 0.303 e. The van der Waals surface area contributed by atoms with Crippen LogP contribution in [0.2, 0.25) is 0 Å². The van der Waals surface area contributed by atoms with Crippen LogP contribution in [0.3, 0.4) is 0 Å². The molecule has 9 rings (SSSR count). The number of phenolic OH excluding ortho intramolecular Hbond substituents is 1. The lowest BCUT2D eigenvalue weighted by Crippen LogP contribution is -2.55. The lowest BCUT2D eigenvalue weighted by Gasteiger charge is -2.44. The zero-order valence-electron chi connectivity index (χ0n) is 37.2. The van der Waals surface area contributed by atoms with E-state index in [0.717, 1.165) is 81.9 Å². The van der Waals surface area contributed by atoms with Gasteiger partial charge in [0.1, 0.15) is 10.5 Å². The van der Waals surface area contributed by atoms with Gasteiger partial charge >= 0.3 is 5.97 Å². The van der Waals surface area contributed by atoms with Crippen LogP contribution in [0.4, 0.5) is 0 Å². The Hall–Kier alpha value is -3.09. The number of carbonyl (C=O) groups is 2. The molecule has 0 radical (unpaired) electrons. The van der Waals surface area contributed by atoms with E-state index < -0.39 is 11.7 Å². The number of nitrogens with two attached hydrogens (primary N) is 1. The number of amides is 1. The summed E-state index contributed by atoms with van der Waals surface area (Å²) < 4.78 is 12.7. The molecule has 5 fully saturated rings. The fourth-order valence-electron chi connectivity index (χ4n) is 12.4. The highest BCUT2D eigenvalue weighted by Crippen LogP contribution is 2.63. The first-order chi connectivity index (χ1) is 30.0. The number of phenols is 1. The number of aromatic hydroxyl groups is 1. The molecule has 10 nitrogen and oxygen atoms in total. The van der Waals surface area contributed by atoms with Gasteiger partial charge in [-0.05, 0) is 132 Å². The van der Waals surface area contributed by atoms with E-state index in [-0.39, 0.29) is 51.9 Å². The van der Waals surface area contributed by atoms with E-state index in [4.69, 9.17) is 20.2 Å². The van der Waals surface area contributed by atoms with Crippen molar-refractivity contribution in [1.29, 1.82) is 0 Å². The SMILES string of the molecule is CC(=O)OC12CCc3cc(c(O)c(OC4CCCC4)c3)CN3CC(Cc4ccccc4)(CCN=C(N)NC4(CCCC45CCCC5)SSCCCCCC(CC1)C(O)C2)CC3=O. The fraction of sp³-hybridized carbons (Fsp3) is 0.700. The predicted octanol–water partition coefficient (Wildman–Crippen LogP) is 9.76. The van der Waals surface area contributed by atoms with Crippen molar-refractivity contribution >= 4 is 39.4 Å². The lowest BCUT2D eigenvalue weighted by molar-refractivity contribution is -0.168. The van der Waals surface area contributed by atoms with Crippen molar-refractivity contribution < 1.29 is 29.3 Å². The first-order valence-electron chi connectivity index (χ1n) is 24.1. The first kappa shape index (κ1) is 45.5. The van der Waals surface area contributed by atoms with Crippen molar-refractivity contribution in [2.45, 2.75) is 184 Å². The van der Waals surface area contributed by atoms with Gasteiger partial charge in [-0.3, -0.25) is 14.6 Å². The summed E-state index contributed by atoms with van der Waals surface area (Å²) >= 11 is 0. The lowest BCUT2D eigenvalue weighted by atomic mass is 9.72. The summed E-state index contributed by atoms with van der Waals surface area (Å²) in [4.78, 5) is 33.6. The molecule has 7 aliphatic rings. The van der Waals surface area contributed by atoms with Crippen molar-refractivity contribution in [2.24, 2.45) is 27.5 Å². The molecular weight excluding hydrogens is 817 g/mol. The third-order valence-corrected chi connectivity index (χ3v) is 19.0. The molecule has 5 unspecified atom stereocenters. The first-order valence-corrected chi connectivity index (χ1v) is 26.4. The van der Waals surface area contributed by atoms with Crippen LogP contribution in [0.5, 0.6) is 11.5 Å². The van der Waals surface area contributed by atoms with Gasteiger partial charge in [0, 0.05) is 61.5 Å². The van der Waals surface area contributed by atoms with Gasteiger partial charge in [0.15, 0.2) is 17.5 Å². The molecule has 2 aromatic rings. The van der Waals surface area contributed by atoms with E-state index in [1.54, 1.807) is 0 Å². The largest absolute Gasteiger partial charge is 0.504 e. The Morgan fingerprint density at radius 1 is 0.935 bits per heavy atom. The molecule has 12 heteroatoms. The molecule has 0 aromatic heterocycles. The third kappa shape index (κ3) is 10.5. The average Bonchev–Trinajstić information content (AvgIpc) is 4.06. The molecule has 2 spiro atoms. The molecule has 1 amide bonds. The number of aryl methyl sites for hydroxylation is 1. The second-order valence-corrected chi connectivity index (χ2v) is 22.8. The summed E-state index contributed by atoms with van der Waals surface area (Å²) in [5, 5.41) is 27.3. The van der Waals surface area contributed by atoms with Crippen molar-refractivity contribution in [2.75, 3.05) is 18.8 Å². The second-order valence-electron chi connectivity index (χ2n) is 20.1. The zero-order chi connectivity index (χ0) is 43.2. The van der Waals surface area contributed by atoms with Crippen molar-refractivity contribution in [1.82, 2.24) is 10.2 Å². The highest BCUT2D eigenvalue weighted by molar-refractivity contribution is 8.77. The van der Waals surface area contributed by atoms with Gasteiger partial charge in [-0.25, -0.2) is 0 Å². The topological polar surface area (TPSA) is 147 Å². The molecule has 3 heterocycles. The van der Waals surface area contributed by atoms with Gasteiger partial charge in [0.2, 0.25) is 5.91 Å². The van der Waals surface area contributed by atoms with Gasteiger partial charge in [0.05, 0.1) is 12.2 Å². The Morgan fingerprint density at radius 3 is 2.48 bits per heavy atom. The van der Waals surface area contributed by atoms with Crippen LogP contribution in [0.1, 0.15) is 158 Å². The van der Waals surface area contributed by atoms with Gasteiger partial charge < -0.3 is 35.6 Å². The van der Waals surface area contributed by atoms with Crippen molar-refractivity contribution in [3.8, 4) is 11.5 Å². The molecule has 3 aliphatic heterocycles. The number of carbonyl (C=O) groups excluding carboxylic acids is 2. The van der Waals surface area contributed by atoms with Crippen LogP contribution >= 0.6 is 21.6 Å². The number of aliphatic hydroxyl groups excluding tert-OH is 1. The van der Waals surface area contributed by atoms with E-state index in [0.29, 0.717) is 68.9 Å². The molecule has 4 saturated carbocycles. The van der Waals surface area contributed by atoms with E-state index in [9.17, 15) is 19.8 Å². The van der Waals surface area contributed by atoms with E-state index in [1.165, 1.54) is 51.0 Å². The molecule has 6 bridgehead atoms. The molecule has 5 N–H and O–H groups in total. The summed E-state index contributed by atoms with van der Waals surface area (Å²) in [6.07, 6.45) is 21.3. The minimum atomic E-state index is -0.764. The van der Waals surface area contributed by atoms with Gasteiger partial charge in [-0.2, -0.15) is 0 Å². The number of guanidine groups is 1. The Balaban J connectivity index is 1.10. The van der Waals surface area contributed by atoms with E-state index in [1.807, 2.05) is 44.7 Å².